The summed E-state index contributed by atoms with van der Waals surface area (Å²) in [6, 6.07) is 7.89. The van der Waals surface area contributed by atoms with Crippen LogP contribution in [0.4, 0.5) is 5.69 Å². The first kappa shape index (κ1) is 16.0. The summed E-state index contributed by atoms with van der Waals surface area (Å²) in [5.74, 6) is -0.0216. The maximum atomic E-state index is 11.2. The molecule has 20 heavy (non-hydrogen) atoms. The van der Waals surface area contributed by atoms with Gasteiger partial charge in [-0.05, 0) is 30.7 Å². The molecule has 0 aliphatic carbocycles. The van der Waals surface area contributed by atoms with Crippen molar-refractivity contribution in [3.63, 3.8) is 0 Å². The minimum Gasteiger partial charge on any atom is -0.368 e. The molecular formula is C15H22N4O. The number of carbonyl (C=O) groups excluding carboxylic acids is 1. The van der Waals surface area contributed by atoms with E-state index in [2.05, 4.69) is 25.2 Å². The van der Waals surface area contributed by atoms with Crippen LogP contribution < -0.4 is 16.0 Å². The number of nitrogens with two attached hydrogens (primary N) is 1. The van der Waals surface area contributed by atoms with Crippen molar-refractivity contribution in [2.45, 2.75) is 20.4 Å². The molecule has 0 bridgehead atoms. The third-order valence-corrected chi connectivity index (χ3v) is 2.84. The van der Waals surface area contributed by atoms with Crippen molar-refractivity contribution in [1.29, 1.82) is 5.26 Å². The van der Waals surface area contributed by atoms with Gasteiger partial charge in [0.1, 0.15) is 6.07 Å². The van der Waals surface area contributed by atoms with Gasteiger partial charge >= 0.3 is 0 Å². The highest BCUT2D eigenvalue weighted by atomic mass is 16.1. The molecule has 0 radical (unpaired) electrons. The number of nitrogens with one attached hydrogen (secondary N) is 1. The second-order valence-corrected chi connectivity index (χ2v) is 5.23. The van der Waals surface area contributed by atoms with Gasteiger partial charge in [0.25, 0.3) is 0 Å². The topological polar surface area (TPSA) is 82.2 Å². The summed E-state index contributed by atoms with van der Waals surface area (Å²) in [6.07, 6.45) is 0. The molecular weight excluding hydrogens is 252 g/mol. The minimum absolute atomic E-state index is 0.123. The molecule has 0 fully saturated rings. The zero-order valence-electron chi connectivity index (χ0n) is 12.3. The molecule has 1 aromatic carbocycles. The fraction of sp³-hybridized carbons (Fsp3) is 0.467. The molecule has 0 aliphatic heterocycles. The fourth-order valence-corrected chi connectivity index (χ4v) is 2.14. The maximum absolute atomic E-state index is 11.2. The number of carbonyl (C=O) groups is 1. The molecule has 0 saturated heterocycles. The van der Waals surface area contributed by atoms with E-state index in [1.54, 1.807) is 0 Å². The SMILES string of the molecule is CNCc1ccc(N(CC(N)=O)CC(C)C)c(C#N)c1. The van der Waals surface area contributed by atoms with E-state index in [1.807, 2.05) is 30.1 Å². The first-order chi connectivity index (χ1) is 9.47. The Balaban J connectivity index is 3.11. The third-order valence-electron chi connectivity index (χ3n) is 2.84. The van der Waals surface area contributed by atoms with E-state index >= 15 is 0 Å². The molecule has 5 nitrogen and oxygen atoms in total. The molecule has 0 saturated carbocycles. The Hall–Kier alpha value is -2.06. The lowest BCUT2D eigenvalue weighted by Crippen LogP contribution is -2.36. The summed E-state index contributed by atoms with van der Waals surface area (Å²) in [5, 5.41) is 12.4. The Kier molecular flexibility index (Phi) is 6.01. The van der Waals surface area contributed by atoms with Gasteiger partial charge in [-0.3, -0.25) is 4.79 Å². The molecule has 1 aromatic rings. The van der Waals surface area contributed by atoms with Crippen LogP contribution in [0.5, 0.6) is 0 Å². The molecule has 0 aliphatic rings. The van der Waals surface area contributed by atoms with Gasteiger partial charge in [0, 0.05) is 13.1 Å². The van der Waals surface area contributed by atoms with Crippen LogP contribution in [-0.4, -0.2) is 26.0 Å². The molecule has 108 valence electrons. The van der Waals surface area contributed by atoms with Crippen LogP contribution >= 0.6 is 0 Å². The van der Waals surface area contributed by atoms with Crippen molar-refractivity contribution in [3.05, 3.63) is 29.3 Å². The molecule has 1 rings (SSSR count). The van der Waals surface area contributed by atoms with E-state index in [1.165, 1.54) is 0 Å². The van der Waals surface area contributed by atoms with Crippen molar-refractivity contribution < 1.29 is 4.79 Å². The van der Waals surface area contributed by atoms with Crippen LogP contribution in [0.15, 0.2) is 18.2 Å². The molecule has 0 spiro atoms. The summed E-state index contributed by atoms with van der Waals surface area (Å²) in [4.78, 5) is 13.1. The lowest BCUT2D eigenvalue weighted by Gasteiger charge is -2.26. The Labute approximate surface area is 120 Å². The molecule has 0 unspecified atom stereocenters. The van der Waals surface area contributed by atoms with Crippen LogP contribution in [0.2, 0.25) is 0 Å². The van der Waals surface area contributed by atoms with Crippen LogP contribution in [0.25, 0.3) is 0 Å². The number of benzene rings is 1. The van der Waals surface area contributed by atoms with Gasteiger partial charge in [0.15, 0.2) is 0 Å². The largest absolute Gasteiger partial charge is 0.368 e. The van der Waals surface area contributed by atoms with Crippen LogP contribution in [0.3, 0.4) is 0 Å². The number of nitrogens with zero attached hydrogens (tertiary/aromatic N) is 2. The average Bonchev–Trinajstić information content (AvgIpc) is 2.37. The molecule has 1 amide bonds. The number of primary amides is 1. The number of amides is 1. The number of anilines is 1. The van der Waals surface area contributed by atoms with Crippen molar-refractivity contribution in [1.82, 2.24) is 5.32 Å². The zero-order chi connectivity index (χ0) is 15.1. The standard InChI is InChI=1S/C15H22N4O/c1-11(2)9-19(10-15(17)20)14-5-4-12(8-18-3)6-13(14)7-16/h4-6,11,18H,8-10H2,1-3H3,(H2,17,20). The van der Waals surface area contributed by atoms with Crippen molar-refractivity contribution in [2.75, 3.05) is 25.0 Å². The lowest BCUT2D eigenvalue weighted by molar-refractivity contribution is -0.116. The highest BCUT2D eigenvalue weighted by Crippen LogP contribution is 2.22. The van der Waals surface area contributed by atoms with E-state index < -0.39 is 5.91 Å². The van der Waals surface area contributed by atoms with Crippen molar-refractivity contribution in [2.24, 2.45) is 11.7 Å². The second-order valence-electron chi connectivity index (χ2n) is 5.23. The Morgan fingerprint density at radius 2 is 2.20 bits per heavy atom. The third kappa shape index (κ3) is 4.56. The molecule has 0 atom stereocenters. The van der Waals surface area contributed by atoms with Crippen molar-refractivity contribution >= 4 is 11.6 Å². The van der Waals surface area contributed by atoms with E-state index in [0.29, 0.717) is 24.6 Å². The van der Waals surface area contributed by atoms with Gasteiger partial charge in [0.05, 0.1) is 17.8 Å². The summed E-state index contributed by atoms with van der Waals surface area (Å²) >= 11 is 0. The summed E-state index contributed by atoms with van der Waals surface area (Å²) in [7, 11) is 1.86. The first-order valence-electron chi connectivity index (χ1n) is 6.68. The predicted molar refractivity (Wildman–Crippen MR) is 80.2 cm³/mol. The normalized spacial score (nSPS) is 10.3. The minimum atomic E-state index is -0.395. The van der Waals surface area contributed by atoms with Gasteiger partial charge in [-0.25, -0.2) is 0 Å². The number of nitriles is 1. The maximum Gasteiger partial charge on any atom is 0.236 e. The second kappa shape index (κ2) is 7.51. The van der Waals surface area contributed by atoms with E-state index in [9.17, 15) is 10.1 Å². The predicted octanol–water partition coefficient (Wildman–Crippen LogP) is 1.23. The quantitative estimate of drug-likeness (QED) is 0.783. The number of hydrogen-bond acceptors (Lipinski definition) is 4. The number of hydrogen-bond donors (Lipinski definition) is 2. The van der Waals surface area contributed by atoms with Gasteiger partial charge < -0.3 is 16.0 Å². The van der Waals surface area contributed by atoms with E-state index in [-0.39, 0.29) is 6.54 Å². The van der Waals surface area contributed by atoms with Gasteiger partial charge in [0.2, 0.25) is 5.91 Å². The van der Waals surface area contributed by atoms with Crippen LogP contribution in [0.1, 0.15) is 25.0 Å². The smallest absolute Gasteiger partial charge is 0.236 e. The van der Waals surface area contributed by atoms with Gasteiger partial charge in [-0.1, -0.05) is 19.9 Å². The summed E-state index contributed by atoms with van der Waals surface area (Å²) in [5.41, 5.74) is 7.67. The highest BCUT2D eigenvalue weighted by Gasteiger charge is 2.15. The molecule has 3 N–H and O–H groups in total. The zero-order valence-corrected chi connectivity index (χ0v) is 12.3. The Morgan fingerprint density at radius 1 is 1.50 bits per heavy atom. The van der Waals surface area contributed by atoms with Crippen LogP contribution in [0, 0.1) is 17.2 Å². The highest BCUT2D eigenvalue weighted by molar-refractivity contribution is 5.80. The molecule has 0 heterocycles. The molecule has 0 aromatic heterocycles. The monoisotopic (exact) mass is 274 g/mol. The Bertz CT molecular complexity index is 505. The summed E-state index contributed by atoms with van der Waals surface area (Å²) in [6.45, 7) is 5.64. The summed E-state index contributed by atoms with van der Waals surface area (Å²) < 4.78 is 0. The van der Waals surface area contributed by atoms with E-state index in [4.69, 9.17) is 5.73 Å². The lowest BCUT2D eigenvalue weighted by atomic mass is 10.1. The van der Waals surface area contributed by atoms with Gasteiger partial charge in [-0.2, -0.15) is 5.26 Å². The first-order valence-corrected chi connectivity index (χ1v) is 6.68. The fourth-order valence-electron chi connectivity index (χ4n) is 2.14. The number of rotatable bonds is 7. The molecule has 5 heteroatoms. The van der Waals surface area contributed by atoms with E-state index in [0.717, 1.165) is 11.3 Å². The van der Waals surface area contributed by atoms with Crippen molar-refractivity contribution in [3.8, 4) is 6.07 Å². The van der Waals surface area contributed by atoms with Crippen LogP contribution in [-0.2, 0) is 11.3 Å². The van der Waals surface area contributed by atoms with Gasteiger partial charge in [-0.15, -0.1) is 0 Å². The Morgan fingerprint density at radius 3 is 2.70 bits per heavy atom. The average molecular weight is 274 g/mol.